The first kappa shape index (κ1) is 6.69. The number of allylic oxidation sites excluding steroid dienone is 4. The Morgan fingerprint density at radius 1 is 1.56 bits per heavy atom. The van der Waals surface area contributed by atoms with Gasteiger partial charge in [0.05, 0.1) is 0 Å². The SMILES string of the molecule is CC1=CC=CC(=S)C1C. The number of hydrogen-bond acceptors (Lipinski definition) is 1. The first-order valence-corrected chi connectivity index (χ1v) is 3.51. The molecule has 0 amide bonds. The van der Waals surface area contributed by atoms with Crippen LogP contribution in [0, 0.1) is 5.92 Å². The van der Waals surface area contributed by atoms with Gasteiger partial charge in [-0.05, 0) is 13.0 Å². The summed E-state index contributed by atoms with van der Waals surface area (Å²) in [7, 11) is 0. The molecule has 0 heterocycles. The Balaban J connectivity index is 2.86. The first-order chi connectivity index (χ1) is 4.22. The summed E-state index contributed by atoms with van der Waals surface area (Å²) in [6.07, 6.45) is 6.12. The first-order valence-electron chi connectivity index (χ1n) is 3.10. The molecule has 1 aliphatic carbocycles. The van der Waals surface area contributed by atoms with Gasteiger partial charge >= 0.3 is 0 Å². The van der Waals surface area contributed by atoms with Crippen molar-refractivity contribution in [3.63, 3.8) is 0 Å². The zero-order valence-corrected chi connectivity index (χ0v) is 6.53. The van der Waals surface area contributed by atoms with Crippen LogP contribution < -0.4 is 0 Å². The van der Waals surface area contributed by atoms with Crippen molar-refractivity contribution in [1.29, 1.82) is 0 Å². The van der Waals surface area contributed by atoms with Crippen LogP contribution in [0.3, 0.4) is 0 Å². The van der Waals surface area contributed by atoms with Crippen molar-refractivity contribution in [2.24, 2.45) is 5.92 Å². The minimum Gasteiger partial charge on any atom is -0.0843 e. The molecular weight excluding hydrogens is 128 g/mol. The minimum atomic E-state index is 0.477. The molecule has 48 valence electrons. The molecule has 1 atom stereocenters. The summed E-state index contributed by atoms with van der Waals surface area (Å²) in [6.45, 7) is 4.25. The summed E-state index contributed by atoms with van der Waals surface area (Å²) < 4.78 is 0. The van der Waals surface area contributed by atoms with Crippen molar-refractivity contribution < 1.29 is 0 Å². The van der Waals surface area contributed by atoms with Gasteiger partial charge in [0, 0.05) is 10.8 Å². The molecule has 1 heteroatoms. The molecule has 0 saturated carbocycles. The summed E-state index contributed by atoms with van der Waals surface area (Å²) in [6, 6.07) is 0. The third-order valence-corrected chi connectivity index (χ3v) is 2.22. The topological polar surface area (TPSA) is 0 Å². The van der Waals surface area contributed by atoms with E-state index in [-0.39, 0.29) is 0 Å². The fraction of sp³-hybridized carbons (Fsp3) is 0.375. The third-order valence-electron chi connectivity index (χ3n) is 1.73. The molecule has 0 spiro atoms. The summed E-state index contributed by atoms with van der Waals surface area (Å²) in [5.74, 6) is 0.477. The van der Waals surface area contributed by atoms with Crippen molar-refractivity contribution in [3.05, 3.63) is 23.8 Å². The summed E-state index contributed by atoms with van der Waals surface area (Å²) in [5.41, 5.74) is 1.36. The smallest absolute Gasteiger partial charge is 0.0220 e. The largest absolute Gasteiger partial charge is 0.0843 e. The van der Waals surface area contributed by atoms with Gasteiger partial charge < -0.3 is 0 Å². The Morgan fingerprint density at radius 2 is 2.22 bits per heavy atom. The molecule has 0 aromatic heterocycles. The predicted octanol–water partition coefficient (Wildman–Crippen LogP) is 2.51. The van der Waals surface area contributed by atoms with Crippen LogP contribution in [0.1, 0.15) is 13.8 Å². The Labute approximate surface area is 61.3 Å². The molecule has 0 aromatic carbocycles. The predicted molar refractivity (Wildman–Crippen MR) is 44.7 cm³/mol. The zero-order valence-electron chi connectivity index (χ0n) is 5.72. The monoisotopic (exact) mass is 138 g/mol. The van der Waals surface area contributed by atoms with E-state index in [0.717, 1.165) is 4.86 Å². The zero-order chi connectivity index (χ0) is 6.85. The molecule has 1 unspecified atom stereocenters. The summed E-state index contributed by atoms with van der Waals surface area (Å²) in [4.78, 5) is 1.05. The van der Waals surface area contributed by atoms with Gasteiger partial charge in [-0.15, -0.1) is 0 Å². The Hall–Kier alpha value is -0.430. The van der Waals surface area contributed by atoms with Gasteiger partial charge in [-0.1, -0.05) is 36.9 Å². The van der Waals surface area contributed by atoms with Gasteiger partial charge in [-0.3, -0.25) is 0 Å². The van der Waals surface area contributed by atoms with Crippen LogP contribution in [-0.2, 0) is 0 Å². The second-order valence-electron chi connectivity index (χ2n) is 2.39. The fourth-order valence-corrected chi connectivity index (χ4v) is 1.07. The quantitative estimate of drug-likeness (QED) is 0.463. The van der Waals surface area contributed by atoms with Crippen LogP contribution in [0.5, 0.6) is 0 Å². The molecule has 0 bridgehead atoms. The van der Waals surface area contributed by atoms with E-state index in [1.54, 1.807) is 0 Å². The van der Waals surface area contributed by atoms with Crippen molar-refractivity contribution in [3.8, 4) is 0 Å². The lowest BCUT2D eigenvalue weighted by atomic mass is 9.95. The Morgan fingerprint density at radius 3 is 2.67 bits per heavy atom. The molecule has 0 N–H and O–H groups in total. The normalized spacial score (nSPS) is 26.2. The second-order valence-corrected chi connectivity index (χ2v) is 2.87. The molecule has 9 heavy (non-hydrogen) atoms. The van der Waals surface area contributed by atoms with Gasteiger partial charge in [0.15, 0.2) is 0 Å². The highest BCUT2D eigenvalue weighted by atomic mass is 32.1. The average molecular weight is 138 g/mol. The van der Waals surface area contributed by atoms with Gasteiger partial charge in [-0.25, -0.2) is 0 Å². The number of rotatable bonds is 0. The van der Waals surface area contributed by atoms with Crippen LogP contribution >= 0.6 is 12.2 Å². The molecule has 0 saturated heterocycles. The number of hydrogen-bond donors (Lipinski definition) is 0. The van der Waals surface area contributed by atoms with Crippen molar-refractivity contribution >= 4 is 17.1 Å². The maximum atomic E-state index is 5.08. The van der Waals surface area contributed by atoms with Gasteiger partial charge in [-0.2, -0.15) is 0 Å². The molecule has 0 aliphatic heterocycles. The molecular formula is C8H10S. The summed E-state index contributed by atoms with van der Waals surface area (Å²) >= 11 is 5.08. The van der Waals surface area contributed by atoms with Crippen LogP contribution in [0.2, 0.25) is 0 Å². The molecule has 0 fully saturated rings. The maximum Gasteiger partial charge on any atom is 0.0220 e. The lowest BCUT2D eigenvalue weighted by molar-refractivity contribution is 0.927. The van der Waals surface area contributed by atoms with E-state index >= 15 is 0 Å². The maximum absolute atomic E-state index is 5.08. The van der Waals surface area contributed by atoms with Crippen LogP contribution in [0.15, 0.2) is 23.8 Å². The standard InChI is InChI=1S/C8H10S/c1-6-4-3-5-8(9)7(6)2/h3-5,7H,1-2H3. The van der Waals surface area contributed by atoms with E-state index in [1.807, 2.05) is 12.2 Å². The van der Waals surface area contributed by atoms with E-state index in [0.29, 0.717) is 5.92 Å². The Bertz CT molecular complexity index is 187. The van der Waals surface area contributed by atoms with Crippen molar-refractivity contribution in [2.45, 2.75) is 13.8 Å². The highest BCUT2D eigenvalue weighted by molar-refractivity contribution is 7.80. The lowest BCUT2D eigenvalue weighted by Gasteiger charge is -2.13. The lowest BCUT2D eigenvalue weighted by Crippen LogP contribution is -2.09. The molecule has 0 radical (unpaired) electrons. The minimum absolute atomic E-state index is 0.477. The van der Waals surface area contributed by atoms with Crippen molar-refractivity contribution in [1.82, 2.24) is 0 Å². The van der Waals surface area contributed by atoms with Crippen molar-refractivity contribution in [2.75, 3.05) is 0 Å². The highest BCUT2D eigenvalue weighted by Gasteiger charge is 2.09. The van der Waals surface area contributed by atoms with E-state index < -0.39 is 0 Å². The van der Waals surface area contributed by atoms with Gasteiger partial charge in [0.1, 0.15) is 0 Å². The molecule has 1 aliphatic rings. The fourth-order valence-electron chi connectivity index (χ4n) is 0.808. The second kappa shape index (κ2) is 2.44. The molecule has 0 aromatic rings. The van der Waals surface area contributed by atoms with E-state index in [2.05, 4.69) is 19.9 Å². The van der Waals surface area contributed by atoms with Gasteiger partial charge in [0.2, 0.25) is 0 Å². The van der Waals surface area contributed by atoms with E-state index in [9.17, 15) is 0 Å². The van der Waals surface area contributed by atoms with Gasteiger partial charge in [0.25, 0.3) is 0 Å². The molecule has 1 rings (SSSR count). The van der Waals surface area contributed by atoms with Crippen LogP contribution in [0.25, 0.3) is 0 Å². The molecule has 0 nitrogen and oxygen atoms in total. The van der Waals surface area contributed by atoms with Crippen LogP contribution in [0.4, 0.5) is 0 Å². The number of thiocarbonyl (C=S) groups is 1. The van der Waals surface area contributed by atoms with E-state index in [4.69, 9.17) is 12.2 Å². The Kier molecular flexibility index (Phi) is 1.81. The van der Waals surface area contributed by atoms with Crippen LogP contribution in [-0.4, -0.2) is 4.86 Å². The third kappa shape index (κ3) is 1.28. The van der Waals surface area contributed by atoms with E-state index in [1.165, 1.54) is 5.57 Å². The summed E-state index contributed by atoms with van der Waals surface area (Å²) in [5, 5.41) is 0. The highest BCUT2D eigenvalue weighted by Crippen LogP contribution is 2.16. The average Bonchev–Trinajstić information content (AvgIpc) is 1.83.